The second kappa shape index (κ2) is 6.87. The lowest BCUT2D eigenvalue weighted by molar-refractivity contribution is 0.187. The fourth-order valence-corrected chi connectivity index (χ4v) is 2.61. The Balaban J connectivity index is 1.97. The zero-order chi connectivity index (χ0) is 13.7. The molecule has 1 saturated heterocycles. The van der Waals surface area contributed by atoms with Gasteiger partial charge >= 0.3 is 0 Å². The molecule has 1 fully saturated rings. The number of hydrogen-bond acceptors (Lipinski definition) is 3. The molecule has 2 rings (SSSR count). The maximum Gasteiger partial charge on any atom is 0.165 e. The highest BCUT2D eigenvalue weighted by molar-refractivity contribution is 5.29. The number of halogens is 1. The highest BCUT2D eigenvalue weighted by Crippen LogP contribution is 2.20. The molecule has 1 aromatic rings. The van der Waals surface area contributed by atoms with E-state index in [1.54, 1.807) is 12.1 Å². The molecular formula is C15H23FN2O. The van der Waals surface area contributed by atoms with Crippen molar-refractivity contribution < 1.29 is 9.13 Å². The standard InChI is InChI=1S/C15H23FN2O/c1-3-19-15-7-6-12(9-14(15)16)10-18-8-4-5-13(11-18)17-2/h6-7,9,13,17H,3-5,8,10-11H2,1-2H3. The van der Waals surface area contributed by atoms with Crippen LogP contribution < -0.4 is 10.1 Å². The Morgan fingerprint density at radius 3 is 3.00 bits per heavy atom. The molecule has 1 aromatic carbocycles. The van der Waals surface area contributed by atoms with E-state index in [-0.39, 0.29) is 5.82 Å². The van der Waals surface area contributed by atoms with Gasteiger partial charge in [0.25, 0.3) is 0 Å². The van der Waals surface area contributed by atoms with Crippen molar-refractivity contribution in [3.8, 4) is 5.75 Å². The average Bonchev–Trinajstić information content (AvgIpc) is 2.42. The molecule has 0 saturated carbocycles. The average molecular weight is 266 g/mol. The molecular weight excluding hydrogens is 243 g/mol. The molecule has 1 heterocycles. The first-order valence-corrected chi connectivity index (χ1v) is 7.03. The third kappa shape index (κ3) is 3.91. The maximum absolute atomic E-state index is 13.8. The lowest BCUT2D eigenvalue weighted by Gasteiger charge is -2.32. The molecule has 4 heteroatoms. The minimum Gasteiger partial charge on any atom is -0.491 e. The summed E-state index contributed by atoms with van der Waals surface area (Å²) in [5.74, 6) is 0.0829. The number of ether oxygens (including phenoxy) is 1. The fourth-order valence-electron chi connectivity index (χ4n) is 2.61. The third-order valence-electron chi connectivity index (χ3n) is 3.62. The van der Waals surface area contributed by atoms with Gasteiger partial charge in [0.05, 0.1) is 6.61 Å². The van der Waals surface area contributed by atoms with Gasteiger partial charge in [-0.05, 0) is 51.1 Å². The van der Waals surface area contributed by atoms with Crippen LogP contribution >= 0.6 is 0 Å². The van der Waals surface area contributed by atoms with Crippen molar-refractivity contribution in [3.05, 3.63) is 29.6 Å². The van der Waals surface area contributed by atoms with Gasteiger partial charge in [-0.3, -0.25) is 4.90 Å². The summed E-state index contributed by atoms with van der Waals surface area (Å²) in [7, 11) is 2.00. The van der Waals surface area contributed by atoms with E-state index in [0.717, 1.165) is 25.2 Å². The third-order valence-corrected chi connectivity index (χ3v) is 3.62. The van der Waals surface area contributed by atoms with Crippen LogP contribution in [0.25, 0.3) is 0 Å². The zero-order valence-corrected chi connectivity index (χ0v) is 11.8. The van der Waals surface area contributed by atoms with E-state index < -0.39 is 0 Å². The molecule has 1 unspecified atom stereocenters. The molecule has 0 aromatic heterocycles. The van der Waals surface area contributed by atoms with Gasteiger partial charge in [0, 0.05) is 19.1 Å². The van der Waals surface area contributed by atoms with Crippen molar-refractivity contribution in [1.82, 2.24) is 10.2 Å². The SMILES string of the molecule is CCOc1ccc(CN2CCCC(NC)C2)cc1F. The number of nitrogens with zero attached hydrogens (tertiary/aromatic N) is 1. The van der Waals surface area contributed by atoms with E-state index in [1.165, 1.54) is 12.8 Å². The first kappa shape index (κ1) is 14.3. The second-order valence-electron chi connectivity index (χ2n) is 5.06. The molecule has 1 N–H and O–H groups in total. The van der Waals surface area contributed by atoms with Crippen LogP contribution in [0.15, 0.2) is 18.2 Å². The number of hydrogen-bond donors (Lipinski definition) is 1. The topological polar surface area (TPSA) is 24.5 Å². The Bertz CT molecular complexity index is 411. The molecule has 1 aliphatic heterocycles. The quantitative estimate of drug-likeness (QED) is 0.885. The number of benzene rings is 1. The number of piperidine rings is 1. The molecule has 1 aliphatic rings. The summed E-state index contributed by atoms with van der Waals surface area (Å²) in [6.07, 6.45) is 2.43. The fraction of sp³-hybridized carbons (Fsp3) is 0.600. The van der Waals surface area contributed by atoms with Crippen molar-refractivity contribution in [2.24, 2.45) is 0 Å². The molecule has 0 aliphatic carbocycles. The smallest absolute Gasteiger partial charge is 0.165 e. The largest absolute Gasteiger partial charge is 0.491 e. The van der Waals surface area contributed by atoms with Crippen LogP contribution in [-0.2, 0) is 6.54 Å². The Hall–Kier alpha value is -1.13. The predicted octanol–water partition coefficient (Wildman–Crippen LogP) is 2.41. The summed E-state index contributed by atoms with van der Waals surface area (Å²) in [5.41, 5.74) is 1.01. The van der Waals surface area contributed by atoms with Crippen LogP contribution in [0.3, 0.4) is 0 Å². The Kier molecular flexibility index (Phi) is 5.16. The zero-order valence-electron chi connectivity index (χ0n) is 11.8. The van der Waals surface area contributed by atoms with Gasteiger partial charge in [0.2, 0.25) is 0 Å². The Labute approximate surface area is 114 Å². The van der Waals surface area contributed by atoms with E-state index in [4.69, 9.17) is 4.74 Å². The minimum absolute atomic E-state index is 0.262. The van der Waals surface area contributed by atoms with Crippen LogP contribution in [0.5, 0.6) is 5.75 Å². The molecule has 3 nitrogen and oxygen atoms in total. The Morgan fingerprint density at radius 1 is 1.47 bits per heavy atom. The highest BCUT2D eigenvalue weighted by atomic mass is 19.1. The van der Waals surface area contributed by atoms with Crippen LogP contribution in [0.4, 0.5) is 4.39 Å². The van der Waals surface area contributed by atoms with E-state index >= 15 is 0 Å². The summed E-state index contributed by atoms with van der Waals surface area (Å²) in [4.78, 5) is 2.37. The van der Waals surface area contributed by atoms with Gasteiger partial charge in [0.15, 0.2) is 11.6 Å². The molecule has 0 bridgehead atoms. The van der Waals surface area contributed by atoms with Crippen LogP contribution in [-0.4, -0.2) is 37.7 Å². The lowest BCUT2D eigenvalue weighted by atomic mass is 10.0. The Morgan fingerprint density at radius 2 is 2.32 bits per heavy atom. The first-order valence-electron chi connectivity index (χ1n) is 7.03. The van der Waals surface area contributed by atoms with Crippen molar-refractivity contribution in [2.75, 3.05) is 26.7 Å². The van der Waals surface area contributed by atoms with E-state index in [2.05, 4.69) is 10.2 Å². The monoisotopic (exact) mass is 266 g/mol. The van der Waals surface area contributed by atoms with E-state index in [9.17, 15) is 4.39 Å². The summed E-state index contributed by atoms with van der Waals surface area (Å²) in [6.45, 7) is 5.28. The number of nitrogens with one attached hydrogen (secondary N) is 1. The van der Waals surface area contributed by atoms with Crippen LogP contribution in [0, 0.1) is 5.82 Å². The van der Waals surface area contributed by atoms with Gasteiger partial charge < -0.3 is 10.1 Å². The van der Waals surface area contributed by atoms with Gasteiger partial charge in [-0.2, -0.15) is 0 Å². The minimum atomic E-state index is -0.262. The number of likely N-dealkylation sites (N-methyl/N-ethyl adjacent to an activating group) is 1. The highest BCUT2D eigenvalue weighted by Gasteiger charge is 2.18. The summed E-state index contributed by atoms with van der Waals surface area (Å²) in [6, 6.07) is 5.83. The van der Waals surface area contributed by atoms with Crippen molar-refractivity contribution in [1.29, 1.82) is 0 Å². The van der Waals surface area contributed by atoms with Gasteiger partial charge in [-0.15, -0.1) is 0 Å². The van der Waals surface area contributed by atoms with Crippen LogP contribution in [0.2, 0.25) is 0 Å². The molecule has 1 atom stereocenters. The lowest BCUT2D eigenvalue weighted by Crippen LogP contribution is -2.43. The first-order chi connectivity index (χ1) is 9.22. The molecule has 0 amide bonds. The number of rotatable bonds is 5. The second-order valence-corrected chi connectivity index (χ2v) is 5.06. The summed E-state index contributed by atoms with van der Waals surface area (Å²) < 4.78 is 19.0. The summed E-state index contributed by atoms with van der Waals surface area (Å²) >= 11 is 0. The van der Waals surface area contributed by atoms with E-state index in [0.29, 0.717) is 18.4 Å². The van der Waals surface area contributed by atoms with Gasteiger partial charge in [-0.1, -0.05) is 6.07 Å². The van der Waals surface area contributed by atoms with Crippen LogP contribution in [0.1, 0.15) is 25.3 Å². The van der Waals surface area contributed by atoms with E-state index in [1.807, 2.05) is 20.0 Å². The summed E-state index contributed by atoms with van der Waals surface area (Å²) in [5, 5.41) is 3.32. The van der Waals surface area contributed by atoms with Crippen molar-refractivity contribution >= 4 is 0 Å². The van der Waals surface area contributed by atoms with Gasteiger partial charge in [-0.25, -0.2) is 4.39 Å². The molecule has 0 radical (unpaired) electrons. The number of likely N-dealkylation sites (tertiary alicyclic amines) is 1. The maximum atomic E-state index is 13.8. The predicted molar refractivity (Wildman–Crippen MR) is 74.9 cm³/mol. The van der Waals surface area contributed by atoms with Crippen molar-refractivity contribution in [3.63, 3.8) is 0 Å². The molecule has 19 heavy (non-hydrogen) atoms. The van der Waals surface area contributed by atoms with Crippen molar-refractivity contribution in [2.45, 2.75) is 32.4 Å². The molecule has 106 valence electrons. The van der Waals surface area contributed by atoms with Gasteiger partial charge in [0.1, 0.15) is 0 Å². The molecule has 0 spiro atoms. The normalized spacial score (nSPS) is 20.5.